The zero-order valence-electron chi connectivity index (χ0n) is 19.2. The van der Waals surface area contributed by atoms with E-state index < -0.39 is 0 Å². The van der Waals surface area contributed by atoms with Crippen molar-refractivity contribution in [1.29, 1.82) is 0 Å². The SMILES string of the molecule is COc1ccc(-c2noc([C@@H]3CCCN(C(=O)c4cccc(OC)c4OC)C3)n2)cc1OC. The predicted octanol–water partition coefficient (Wildman–Crippen LogP) is 3.79. The number of aromatic nitrogens is 2. The Bertz CT molecular complexity index is 1130. The topological polar surface area (TPSA) is 96.2 Å². The molecule has 0 radical (unpaired) electrons. The summed E-state index contributed by atoms with van der Waals surface area (Å²) in [6, 6.07) is 10.7. The quantitative estimate of drug-likeness (QED) is 0.533. The number of amides is 1. The molecule has 2 heterocycles. The Balaban J connectivity index is 1.53. The fraction of sp³-hybridized carbons (Fsp3) is 0.375. The van der Waals surface area contributed by atoms with Gasteiger partial charge < -0.3 is 28.4 Å². The van der Waals surface area contributed by atoms with E-state index in [-0.39, 0.29) is 11.8 Å². The van der Waals surface area contributed by atoms with E-state index in [2.05, 4.69) is 10.1 Å². The van der Waals surface area contributed by atoms with Crippen LogP contribution in [0, 0.1) is 0 Å². The van der Waals surface area contributed by atoms with Crippen molar-refractivity contribution in [2.45, 2.75) is 18.8 Å². The van der Waals surface area contributed by atoms with Crippen LogP contribution < -0.4 is 18.9 Å². The molecule has 1 amide bonds. The number of benzene rings is 2. The Labute approximate surface area is 192 Å². The van der Waals surface area contributed by atoms with E-state index in [9.17, 15) is 4.79 Å². The van der Waals surface area contributed by atoms with Gasteiger partial charge in [0.2, 0.25) is 11.7 Å². The van der Waals surface area contributed by atoms with Crippen LogP contribution in [0.25, 0.3) is 11.4 Å². The van der Waals surface area contributed by atoms with Crippen LogP contribution in [0.15, 0.2) is 40.9 Å². The molecule has 2 aromatic carbocycles. The number of rotatable bonds is 7. The number of carbonyl (C=O) groups excluding carboxylic acids is 1. The fourth-order valence-corrected chi connectivity index (χ4v) is 4.08. The van der Waals surface area contributed by atoms with Gasteiger partial charge in [0.15, 0.2) is 23.0 Å². The molecule has 3 aromatic rings. The highest BCUT2D eigenvalue weighted by molar-refractivity contribution is 5.98. The molecule has 1 aliphatic rings. The summed E-state index contributed by atoms with van der Waals surface area (Å²) >= 11 is 0. The van der Waals surface area contributed by atoms with Crippen LogP contribution in [-0.2, 0) is 0 Å². The molecule has 9 heteroatoms. The second kappa shape index (κ2) is 9.81. The maximum Gasteiger partial charge on any atom is 0.257 e. The summed E-state index contributed by atoms with van der Waals surface area (Å²) < 4.78 is 27.0. The van der Waals surface area contributed by atoms with E-state index in [1.807, 2.05) is 6.07 Å². The number of hydrogen-bond donors (Lipinski definition) is 0. The van der Waals surface area contributed by atoms with Crippen LogP contribution in [0.5, 0.6) is 23.0 Å². The van der Waals surface area contributed by atoms with Crippen molar-refractivity contribution < 1.29 is 28.3 Å². The average molecular weight is 453 g/mol. The monoisotopic (exact) mass is 453 g/mol. The third-order valence-electron chi connectivity index (χ3n) is 5.77. The minimum atomic E-state index is -0.116. The van der Waals surface area contributed by atoms with Gasteiger partial charge in [-0.2, -0.15) is 4.98 Å². The lowest BCUT2D eigenvalue weighted by atomic mass is 9.97. The highest BCUT2D eigenvalue weighted by Crippen LogP contribution is 2.35. The smallest absolute Gasteiger partial charge is 0.257 e. The van der Waals surface area contributed by atoms with Crippen LogP contribution in [0.3, 0.4) is 0 Å². The standard InChI is InChI=1S/C24H27N3O6/c1-29-18-11-10-15(13-20(18)31-3)22-25-23(33-26-22)16-7-6-12-27(14-16)24(28)17-8-5-9-19(30-2)21(17)32-4/h5,8-11,13,16H,6-7,12,14H2,1-4H3/t16-/m1/s1. The summed E-state index contributed by atoms with van der Waals surface area (Å²) in [6.45, 7) is 1.12. The van der Waals surface area contributed by atoms with Gasteiger partial charge in [-0.25, -0.2) is 0 Å². The maximum atomic E-state index is 13.3. The maximum absolute atomic E-state index is 13.3. The summed E-state index contributed by atoms with van der Waals surface area (Å²) in [5.74, 6) is 2.96. The zero-order chi connectivity index (χ0) is 23.4. The molecule has 174 valence electrons. The van der Waals surface area contributed by atoms with Crippen molar-refractivity contribution in [2.75, 3.05) is 41.5 Å². The van der Waals surface area contributed by atoms with Gasteiger partial charge in [0.1, 0.15) is 0 Å². The highest BCUT2D eigenvalue weighted by Gasteiger charge is 2.31. The number of methoxy groups -OCH3 is 4. The highest BCUT2D eigenvalue weighted by atomic mass is 16.5. The van der Waals surface area contributed by atoms with E-state index in [1.54, 1.807) is 56.6 Å². The normalized spacial score (nSPS) is 15.8. The lowest BCUT2D eigenvalue weighted by molar-refractivity contribution is 0.0691. The van der Waals surface area contributed by atoms with Crippen molar-refractivity contribution in [3.63, 3.8) is 0 Å². The van der Waals surface area contributed by atoms with E-state index in [4.69, 9.17) is 23.5 Å². The summed E-state index contributed by atoms with van der Waals surface area (Å²) in [6.07, 6.45) is 1.68. The molecule has 0 saturated carbocycles. The Morgan fingerprint density at radius 1 is 1.00 bits per heavy atom. The van der Waals surface area contributed by atoms with Crippen molar-refractivity contribution >= 4 is 5.91 Å². The molecular formula is C24H27N3O6. The van der Waals surface area contributed by atoms with Crippen LogP contribution in [0.4, 0.5) is 0 Å². The van der Waals surface area contributed by atoms with E-state index in [0.29, 0.717) is 53.4 Å². The Kier molecular flexibility index (Phi) is 6.67. The Morgan fingerprint density at radius 2 is 1.79 bits per heavy atom. The van der Waals surface area contributed by atoms with E-state index in [1.165, 1.54) is 7.11 Å². The molecule has 1 atom stereocenters. The van der Waals surface area contributed by atoms with Gasteiger partial charge >= 0.3 is 0 Å². The van der Waals surface area contributed by atoms with Crippen LogP contribution in [0.1, 0.15) is 35.0 Å². The molecule has 0 N–H and O–H groups in total. The van der Waals surface area contributed by atoms with Gasteiger partial charge in [-0.15, -0.1) is 0 Å². The number of para-hydroxylation sites is 1. The second-order valence-corrected chi connectivity index (χ2v) is 7.66. The number of carbonyl (C=O) groups is 1. The first-order valence-corrected chi connectivity index (χ1v) is 10.7. The Hall–Kier alpha value is -3.75. The lowest BCUT2D eigenvalue weighted by Gasteiger charge is -2.31. The van der Waals surface area contributed by atoms with Crippen molar-refractivity contribution in [3.8, 4) is 34.4 Å². The van der Waals surface area contributed by atoms with Gasteiger partial charge in [0.05, 0.1) is 39.9 Å². The molecule has 1 aromatic heterocycles. The summed E-state index contributed by atoms with van der Waals surface area (Å²) in [7, 11) is 6.24. The Morgan fingerprint density at radius 3 is 2.52 bits per heavy atom. The molecule has 9 nitrogen and oxygen atoms in total. The molecular weight excluding hydrogens is 426 g/mol. The number of hydrogen-bond acceptors (Lipinski definition) is 8. The zero-order valence-corrected chi connectivity index (χ0v) is 19.2. The average Bonchev–Trinajstić information content (AvgIpc) is 3.37. The number of piperidine rings is 1. The largest absolute Gasteiger partial charge is 0.493 e. The molecule has 1 aliphatic heterocycles. The van der Waals surface area contributed by atoms with E-state index in [0.717, 1.165) is 18.4 Å². The fourth-order valence-electron chi connectivity index (χ4n) is 4.08. The van der Waals surface area contributed by atoms with Crippen molar-refractivity contribution in [2.24, 2.45) is 0 Å². The molecule has 33 heavy (non-hydrogen) atoms. The molecule has 0 aliphatic carbocycles. The van der Waals surface area contributed by atoms with Gasteiger partial charge in [0, 0.05) is 18.7 Å². The third kappa shape index (κ3) is 4.44. The first kappa shape index (κ1) is 22.4. The number of likely N-dealkylation sites (tertiary alicyclic amines) is 1. The van der Waals surface area contributed by atoms with Gasteiger partial charge in [0.25, 0.3) is 5.91 Å². The minimum Gasteiger partial charge on any atom is -0.493 e. The summed E-state index contributed by atoms with van der Waals surface area (Å²) in [5, 5.41) is 4.15. The van der Waals surface area contributed by atoms with Gasteiger partial charge in [-0.1, -0.05) is 11.2 Å². The molecule has 1 fully saturated rings. The first-order valence-electron chi connectivity index (χ1n) is 10.7. The third-order valence-corrected chi connectivity index (χ3v) is 5.77. The number of ether oxygens (including phenoxy) is 4. The number of nitrogens with zero attached hydrogens (tertiary/aromatic N) is 3. The minimum absolute atomic E-state index is 0.0549. The van der Waals surface area contributed by atoms with E-state index >= 15 is 0 Å². The molecule has 0 spiro atoms. The van der Waals surface area contributed by atoms with Crippen LogP contribution in [0.2, 0.25) is 0 Å². The molecule has 0 bridgehead atoms. The van der Waals surface area contributed by atoms with Crippen LogP contribution in [-0.4, -0.2) is 62.5 Å². The summed E-state index contributed by atoms with van der Waals surface area (Å²) in [4.78, 5) is 19.7. The second-order valence-electron chi connectivity index (χ2n) is 7.66. The molecule has 1 saturated heterocycles. The van der Waals surface area contributed by atoms with Gasteiger partial charge in [-0.3, -0.25) is 4.79 Å². The molecule has 0 unspecified atom stereocenters. The van der Waals surface area contributed by atoms with Crippen molar-refractivity contribution in [3.05, 3.63) is 47.9 Å². The first-order chi connectivity index (χ1) is 16.1. The van der Waals surface area contributed by atoms with Crippen molar-refractivity contribution in [1.82, 2.24) is 15.0 Å². The molecule has 4 rings (SSSR count). The summed E-state index contributed by atoms with van der Waals surface area (Å²) in [5.41, 5.74) is 1.22. The van der Waals surface area contributed by atoms with Gasteiger partial charge in [-0.05, 0) is 43.2 Å². The predicted molar refractivity (Wildman–Crippen MR) is 120 cm³/mol. The van der Waals surface area contributed by atoms with Crippen LogP contribution >= 0.6 is 0 Å². The lowest BCUT2D eigenvalue weighted by Crippen LogP contribution is -2.39.